The van der Waals surface area contributed by atoms with Crippen LogP contribution in [0.1, 0.15) is 50.5 Å². The van der Waals surface area contributed by atoms with Crippen LogP contribution in [0.15, 0.2) is 12.4 Å². The highest BCUT2D eigenvalue weighted by Gasteiger charge is 2.63. The van der Waals surface area contributed by atoms with E-state index in [-0.39, 0.29) is 28.7 Å². The molecule has 28 heavy (non-hydrogen) atoms. The Balaban J connectivity index is 1.48. The summed E-state index contributed by atoms with van der Waals surface area (Å²) in [5.41, 5.74) is 4.96. The molecule has 3 fully saturated rings. The first-order valence-electron chi connectivity index (χ1n) is 10.1. The summed E-state index contributed by atoms with van der Waals surface area (Å²) in [6.45, 7) is 8.14. The van der Waals surface area contributed by atoms with Gasteiger partial charge in [-0.2, -0.15) is 0 Å². The number of primary amides is 1. The van der Waals surface area contributed by atoms with Crippen molar-refractivity contribution in [1.82, 2.24) is 15.3 Å². The number of anilines is 1. The van der Waals surface area contributed by atoms with E-state index in [0.29, 0.717) is 24.2 Å². The Morgan fingerprint density at radius 1 is 1.43 bits per heavy atom. The molecule has 1 aromatic heterocycles. The van der Waals surface area contributed by atoms with Gasteiger partial charge in [0.15, 0.2) is 0 Å². The summed E-state index contributed by atoms with van der Waals surface area (Å²) >= 11 is 0. The number of hydrogen-bond acceptors (Lipinski definition) is 6. The first-order valence-corrected chi connectivity index (χ1v) is 10.1. The van der Waals surface area contributed by atoms with E-state index in [0.717, 1.165) is 32.4 Å². The Morgan fingerprint density at radius 3 is 2.93 bits per heavy atom. The number of rotatable bonds is 6. The van der Waals surface area contributed by atoms with E-state index in [1.165, 1.54) is 6.20 Å². The van der Waals surface area contributed by atoms with Crippen molar-refractivity contribution in [2.75, 3.05) is 24.5 Å². The van der Waals surface area contributed by atoms with Gasteiger partial charge in [-0.3, -0.25) is 14.6 Å². The van der Waals surface area contributed by atoms with Gasteiger partial charge in [-0.05, 0) is 19.3 Å². The third-order valence-electron chi connectivity index (χ3n) is 6.98. The molecule has 3 aliphatic heterocycles. The number of nitrogens with two attached hydrogens (primary N) is 1. The highest BCUT2D eigenvalue weighted by molar-refractivity contribution is 5.90. The number of carbonyl (C=O) groups is 2. The maximum atomic E-state index is 12.5. The van der Waals surface area contributed by atoms with E-state index in [9.17, 15) is 9.59 Å². The lowest BCUT2D eigenvalue weighted by Crippen LogP contribution is -2.44. The van der Waals surface area contributed by atoms with Crippen molar-refractivity contribution in [3.63, 3.8) is 0 Å². The zero-order valence-electron chi connectivity index (χ0n) is 16.8. The Labute approximate surface area is 165 Å². The SMILES string of the molecule is CCC(C)(C)C(=O)NC[C@H]1[C@H]2CN(c3cncc(C(N)=O)n3)C[C@]23CC[C@H]1O3. The van der Waals surface area contributed by atoms with Gasteiger partial charge in [-0.25, -0.2) is 4.98 Å². The Kier molecular flexibility index (Phi) is 4.56. The van der Waals surface area contributed by atoms with Gasteiger partial charge in [0.1, 0.15) is 11.5 Å². The molecule has 1 aromatic rings. The van der Waals surface area contributed by atoms with Crippen LogP contribution in [-0.2, 0) is 9.53 Å². The maximum Gasteiger partial charge on any atom is 0.268 e. The number of ether oxygens (including phenoxy) is 1. The molecule has 0 saturated carbocycles. The van der Waals surface area contributed by atoms with Crippen LogP contribution in [0.25, 0.3) is 0 Å². The molecule has 4 heterocycles. The molecular weight excluding hydrogens is 358 g/mol. The lowest BCUT2D eigenvalue weighted by Gasteiger charge is -2.30. The summed E-state index contributed by atoms with van der Waals surface area (Å²) in [6.07, 6.45) is 6.11. The molecule has 2 amide bonds. The van der Waals surface area contributed by atoms with Gasteiger partial charge in [-0.1, -0.05) is 20.8 Å². The van der Waals surface area contributed by atoms with E-state index in [2.05, 4.69) is 20.2 Å². The quantitative estimate of drug-likeness (QED) is 0.757. The normalized spacial score (nSPS) is 31.1. The Hall–Kier alpha value is -2.22. The van der Waals surface area contributed by atoms with E-state index in [4.69, 9.17) is 10.5 Å². The Morgan fingerprint density at radius 2 is 2.21 bits per heavy atom. The van der Waals surface area contributed by atoms with E-state index in [1.807, 2.05) is 20.8 Å². The third kappa shape index (κ3) is 3.03. The molecule has 3 N–H and O–H groups in total. The molecule has 8 heteroatoms. The number of fused-ring (bicyclic) bond motifs is 1. The molecule has 8 nitrogen and oxygen atoms in total. The lowest BCUT2D eigenvalue weighted by atomic mass is 9.73. The predicted molar refractivity (Wildman–Crippen MR) is 104 cm³/mol. The van der Waals surface area contributed by atoms with Crippen molar-refractivity contribution in [1.29, 1.82) is 0 Å². The van der Waals surface area contributed by atoms with Crippen LogP contribution in [0.4, 0.5) is 5.82 Å². The van der Waals surface area contributed by atoms with Gasteiger partial charge in [0.05, 0.1) is 24.1 Å². The lowest BCUT2D eigenvalue weighted by molar-refractivity contribution is -0.129. The average molecular weight is 387 g/mol. The highest BCUT2D eigenvalue weighted by Crippen LogP contribution is 2.55. The number of nitrogens with one attached hydrogen (secondary N) is 1. The van der Waals surface area contributed by atoms with Crippen molar-refractivity contribution in [3.8, 4) is 0 Å². The molecule has 2 bridgehead atoms. The summed E-state index contributed by atoms with van der Waals surface area (Å²) < 4.78 is 6.44. The van der Waals surface area contributed by atoms with Gasteiger partial charge in [0.2, 0.25) is 5.91 Å². The Bertz CT molecular complexity index is 798. The number of hydrogen-bond donors (Lipinski definition) is 2. The van der Waals surface area contributed by atoms with Crippen LogP contribution >= 0.6 is 0 Å². The summed E-state index contributed by atoms with van der Waals surface area (Å²) in [5.74, 6) is 0.796. The number of amides is 2. The molecular formula is C20H29N5O3. The number of aromatic nitrogens is 2. The van der Waals surface area contributed by atoms with Crippen LogP contribution in [-0.4, -0.2) is 53.1 Å². The minimum Gasteiger partial charge on any atom is -0.369 e. The second kappa shape index (κ2) is 6.69. The predicted octanol–water partition coefficient (Wildman–Crippen LogP) is 1.11. The van der Waals surface area contributed by atoms with Crippen LogP contribution < -0.4 is 16.0 Å². The van der Waals surface area contributed by atoms with E-state index < -0.39 is 5.91 Å². The monoisotopic (exact) mass is 387 g/mol. The van der Waals surface area contributed by atoms with Gasteiger partial charge in [0, 0.05) is 36.9 Å². The molecule has 0 unspecified atom stereocenters. The summed E-state index contributed by atoms with van der Waals surface area (Å²) in [7, 11) is 0. The number of nitrogens with zero attached hydrogens (tertiary/aromatic N) is 3. The van der Waals surface area contributed by atoms with Crippen LogP contribution in [0.2, 0.25) is 0 Å². The van der Waals surface area contributed by atoms with Crippen molar-refractivity contribution in [2.45, 2.75) is 51.7 Å². The van der Waals surface area contributed by atoms with Crippen molar-refractivity contribution in [3.05, 3.63) is 18.1 Å². The van der Waals surface area contributed by atoms with E-state index in [1.54, 1.807) is 6.20 Å². The second-order valence-electron chi connectivity index (χ2n) is 8.98. The van der Waals surface area contributed by atoms with Crippen LogP contribution in [0, 0.1) is 17.3 Å². The highest BCUT2D eigenvalue weighted by atomic mass is 16.5. The maximum absolute atomic E-state index is 12.5. The van der Waals surface area contributed by atoms with E-state index >= 15 is 0 Å². The first kappa shape index (κ1) is 19.1. The fourth-order valence-corrected chi connectivity index (χ4v) is 4.88. The molecule has 152 valence electrons. The van der Waals surface area contributed by atoms with Crippen LogP contribution in [0.3, 0.4) is 0 Å². The third-order valence-corrected chi connectivity index (χ3v) is 6.98. The van der Waals surface area contributed by atoms with Crippen molar-refractivity contribution >= 4 is 17.6 Å². The van der Waals surface area contributed by atoms with Gasteiger partial charge < -0.3 is 20.7 Å². The molecule has 1 spiro atoms. The fraction of sp³-hybridized carbons (Fsp3) is 0.700. The summed E-state index contributed by atoms with van der Waals surface area (Å²) in [6, 6.07) is 0. The minimum atomic E-state index is -0.580. The summed E-state index contributed by atoms with van der Waals surface area (Å²) in [5, 5.41) is 3.16. The molecule has 0 aliphatic carbocycles. The molecule has 4 rings (SSSR count). The van der Waals surface area contributed by atoms with Gasteiger partial charge >= 0.3 is 0 Å². The van der Waals surface area contributed by atoms with Crippen molar-refractivity contribution < 1.29 is 14.3 Å². The summed E-state index contributed by atoms with van der Waals surface area (Å²) in [4.78, 5) is 34.6. The molecule has 3 aliphatic rings. The molecule has 0 radical (unpaired) electrons. The number of carbonyl (C=O) groups excluding carboxylic acids is 2. The first-order chi connectivity index (χ1) is 13.3. The second-order valence-corrected chi connectivity index (χ2v) is 8.98. The van der Waals surface area contributed by atoms with Gasteiger partial charge in [0.25, 0.3) is 5.91 Å². The average Bonchev–Trinajstić information content (AvgIpc) is 3.34. The zero-order chi connectivity index (χ0) is 20.1. The minimum absolute atomic E-state index is 0.0988. The molecule has 4 atom stereocenters. The van der Waals surface area contributed by atoms with Crippen molar-refractivity contribution in [2.24, 2.45) is 23.0 Å². The molecule has 3 saturated heterocycles. The largest absolute Gasteiger partial charge is 0.369 e. The fourth-order valence-electron chi connectivity index (χ4n) is 4.88. The van der Waals surface area contributed by atoms with Crippen LogP contribution in [0.5, 0.6) is 0 Å². The standard InChI is InChI=1S/C20H29N5O3/c1-4-19(2,3)18(27)23-7-12-13-10-25(11-20(13)6-5-15(12)28-20)16-9-22-8-14(24-16)17(21)26/h8-9,12-13,15H,4-7,10-11H2,1-3H3,(H2,21,26)(H,23,27)/t12-,13+,15+,20+/m0/s1. The smallest absolute Gasteiger partial charge is 0.268 e. The van der Waals surface area contributed by atoms with Gasteiger partial charge in [-0.15, -0.1) is 0 Å². The molecule has 0 aromatic carbocycles. The zero-order valence-corrected chi connectivity index (χ0v) is 16.8. The topological polar surface area (TPSA) is 110 Å².